The van der Waals surface area contributed by atoms with Crippen molar-refractivity contribution in [2.75, 3.05) is 7.05 Å². The number of halogens is 2. The van der Waals surface area contributed by atoms with Crippen LogP contribution in [0, 0.1) is 0 Å². The maximum absolute atomic E-state index is 12.1. The summed E-state index contributed by atoms with van der Waals surface area (Å²) in [5, 5.41) is 0.671. The summed E-state index contributed by atoms with van der Waals surface area (Å²) in [5.74, 6) is -0.0689. The maximum atomic E-state index is 12.1. The Morgan fingerprint density at radius 3 is 2.78 bits per heavy atom. The van der Waals surface area contributed by atoms with Crippen LogP contribution in [0.25, 0.3) is 0 Å². The van der Waals surface area contributed by atoms with Crippen molar-refractivity contribution in [1.29, 1.82) is 0 Å². The number of hydrogen-bond donors (Lipinski definition) is 1. The van der Waals surface area contributed by atoms with Crippen LogP contribution in [0.1, 0.15) is 16.1 Å². The van der Waals surface area contributed by atoms with Crippen molar-refractivity contribution < 1.29 is 4.79 Å². The van der Waals surface area contributed by atoms with Crippen LogP contribution in [0.15, 0.2) is 41.0 Å². The summed E-state index contributed by atoms with van der Waals surface area (Å²) >= 11 is 9.37. The van der Waals surface area contributed by atoms with Gasteiger partial charge in [-0.1, -0.05) is 29.8 Å². The van der Waals surface area contributed by atoms with Gasteiger partial charge >= 0.3 is 0 Å². The number of H-pyrrole nitrogens is 1. The summed E-state index contributed by atoms with van der Waals surface area (Å²) in [7, 11) is 1.75. The fourth-order valence-corrected chi connectivity index (χ4v) is 2.19. The fourth-order valence-electron chi connectivity index (χ4n) is 1.65. The van der Waals surface area contributed by atoms with Crippen molar-refractivity contribution in [3.8, 4) is 0 Å². The lowest BCUT2D eigenvalue weighted by molar-refractivity contribution is 0.0780. The molecule has 0 unspecified atom stereocenters. The largest absolute Gasteiger partial charge is 0.356 e. The quantitative estimate of drug-likeness (QED) is 0.916. The Hall–Kier alpha value is -1.26. The third kappa shape index (κ3) is 2.94. The number of carbonyl (C=O) groups excluding carboxylic acids is 1. The zero-order chi connectivity index (χ0) is 13.1. The number of amides is 1. The molecule has 0 saturated carbocycles. The molecule has 1 aromatic carbocycles. The normalized spacial score (nSPS) is 10.4. The van der Waals surface area contributed by atoms with E-state index in [1.54, 1.807) is 24.2 Å². The molecule has 0 bridgehead atoms. The van der Waals surface area contributed by atoms with Gasteiger partial charge in [-0.25, -0.2) is 0 Å². The minimum absolute atomic E-state index is 0.0689. The van der Waals surface area contributed by atoms with Gasteiger partial charge in [-0.3, -0.25) is 4.79 Å². The second kappa shape index (κ2) is 5.59. The predicted octanol–water partition coefficient (Wildman–Crippen LogP) is 3.70. The van der Waals surface area contributed by atoms with Crippen LogP contribution in [0.5, 0.6) is 0 Å². The van der Waals surface area contributed by atoms with E-state index in [1.165, 1.54) is 0 Å². The van der Waals surface area contributed by atoms with Crippen molar-refractivity contribution in [3.63, 3.8) is 0 Å². The lowest BCUT2D eigenvalue weighted by atomic mass is 10.2. The van der Waals surface area contributed by atoms with Crippen LogP contribution in [0.3, 0.4) is 0 Å². The van der Waals surface area contributed by atoms with Crippen LogP contribution < -0.4 is 0 Å². The van der Waals surface area contributed by atoms with Gasteiger partial charge in [0.05, 0.1) is 0 Å². The number of benzene rings is 1. The molecule has 0 spiro atoms. The Morgan fingerprint density at radius 1 is 1.44 bits per heavy atom. The number of carbonyl (C=O) groups is 1. The molecule has 2 rings (SSSR count). The van der Waals surface area contributed by atoms with Gasteiger partial charge in [0, 0.05) is 29.3 Å². The van der Waals surface area contributed by atoms with E-state index in [2.05, 4.69) is 20.9 Å². The van der Waals surface area contributed by atoms with E-state index >= 15 is 0 Å². The lowest BCUT2D eigenvalue weighted by Gasteiger charge is -2.17. The zero-order valence-corrected chi connectivity index (χ0v) is 12.1. The second-order valence-electron chi connectivity index (χ2n) is 3.98. The Kier molecular flexibility index (Phi) is 4.09. The van der Waals surface area contributed by atoms with E-state index in [1.807, 2.05) is 24.3 Å². The molecule has 0 radical (unpaired) electrons. The molecular weight excluding hydrogens is 316 g/mol. The number of nitrogens with zero attached hydrogens (tertiary/aromatic N) is 1. The van der Waals surface area contributed by atoms with Crippen LogP contribution in [-0.4, -0.2) is 22.8 Å². The molecular formula is C13H12BrClN2O. The molecule has 0 aliphatic rings. The van der Waals surface area contributed by atoms with Crippen LogP contribution in [0.2, 0.25) is 5.02 Å². The molecule has 3 nitrogen and oxygen atoms in total. The van der Waals surface area contributed by atoms with Gasteiger partial charge in [-0.15, -0.1) is 0 Å². The molecule has 5 heteroatoms. The first-order chi connectivity index (χ1) is 8.58. The molecule has 2 aromatic rings. The molecule has 1 amide bonds. The highest BCUT2D eigenvalue weighted by atomic mass is 79.9. The van der Waals surface area contributed by atoms with Crippen LogP contribution in [0.4, 0.5) is 0 Å². The molecule has 1 aromatic heterocycles. The lowest BCUT2D eigenvalue weighted by Crippen LogP contribution is -2.26. The van der Waals surface area contributed by atoms with Gasteiger partial charge in [0.2, 0.25) is 0 Å². The van der Waals surface area contributed by atoms with Crippen LogP contribution in [-0.2, 0) is 6.54 Å². The standard InChI is InChI=1S/C13H12BrClN2O/c1-17(8-9-4-2-3-5-11(9)15)13(18)12-6-10(14)7-16-12/h2-7,16H,8H2,1H3. The fraction of sp³-hybridized carbons (Fsp3) is 0.154. The number of nitrogens with one attached hydrogen (secondary N) is 1. The third-order valence-corrected chi connectivity index (χ3v) is 3.42. The summed E-state index contributed by atoms with van der Waals surface area (Å²) < 4.78 is 0.858. The average molecular weight is 328 g/mol. The molecule has 0 atom stereocenters. The average Bonchev–Trinajstić information content (AvgIpc) is 2.78. The van der Waals surface area contributed by atoms with E-state index < -0.39 is 0 Å². The highest BCUT2D eigenvalue weighted by Gasteiger charge is 2.14. The summed E-state index contributed by atoms with van der Waals surface area (Å²) in [6.07, 6.45) is 1.73. The van der Waals surface area contributed by atoms with E-state index in [-0.39, 0.29) is 5.91 Å². The first kappa shape index (κ1) is 13.2. The second-order valence-corrected chi connectivity index (χ2v) is 5.31. The van der Waals surface area contributed by atoms with Gasteiger partial charge < -0.3 is 9.88 Å². The summed E-state index contributed by atoms with van der Waals surface area (Å²) in [6, 6.07) is 9.27. The van der Waals surface area contributed by atoms with Crippen molar-refractivity contribution in [2.24, 2.45) is 0 Å². The molecule has 1 N–H and O–H groups in total. The molecule has 0 saturated heterocycles. The zero-order valence-electron chi connectivity index (χ0n) is 9.78. The molecule has 0 aliphatic carbocycles. The topological polar surface area (TPSA) is 36.1 Å². The van der Waals surface area contributed by atoms with Gasteiger partial charge in [0.1, 0.15) is 5.69 Å². The molecule has 1 heterocycles. The predicted molar refractivity (Wildman–Crippen MR) is 75.7 cm³/mol. The van der Waals surface area contributed by atoms with Gasteiger partial charge in [-0.05, 0) is 33.6 Å². The first-order valence-electron chi connectivity index (χ1n) is 5.40. The first-order valence-corrected chi connectivity index (χ1v) is 6.58. The summed E-state index contributed by atoms with van der Waals surface area (Å²) in [5.41, 5.74) is 1.48. The van der Waals surface area contributed by atoms with Crippen molar-refractivity contribution >= 4 is 33.4 Å². The Balaban J connectivity index is 2.11. The molecule has 0 aliphatic heterocycles. The molecule has 18 heavy (non-hydrogen) atoms. The minimum atomic E-state index is -0.0689. The van der Waals surface area contributed by atoms with E-state index in [0.717, 1.165) is 10.0 Å². The van der Waals surface area contributed by atoms with Gasteiger partial charge in [-0.2, -0.15) is 0 Å². The van der Waals surface area contributed by atoms with Crippen molar-refractivity contribution in [1.82, 2.24) is 9.88 Å². The van der Waals surface area contributed by atoms with Crippen LogP contribution >= 0.6 is 27.5 Å². The number of rotatable bonds is 3. The minimum Gasteiger partial charge on any atom is -0.356 e. The number of aromatic nitrogens is 1. The third-order valence-electron chi connectivity index (χ3n) is 2.59. The smallest absolute Gasteiger partial charge is 0.270 e. The van der Waals surface area contributed by atoms with Gasteiger partial charge in [0.25, 0.3) is 5.91 Å². The van der Waals surface area contributed by atoms with E-state index in [0.29, 0.717) is 17.3 Å². The monoisotopic (exact) mass is 326 g/mol. The highest BCUT2D eigenvalue weighted by molar-refractivity contribution is 9.10. The number of aromatic amines is 1. The Bertz CT molecular complexity index is 568. The maximum Gasteiger partial charge on any atom is 0.270 e. The van der Waals surface area contributed by atoms with Crippen molar-refractivity contribution in [2.45, 2.75) is 6.54 Å². The van der Waals surface area contributed by atoms with E-state index in [9.17, 15) is 4.79 Å². The summed E-state index contributed by atoms with van der Waals surface area (Å²) in [6.45, 7) is 0.481. The Labute approximate surface area is 119 Å². The molecule has 94 valence electrons. The van der Waals surface area contributed by atoms with Gasteiger partial charge in [0.15, 0.2) is 0 Å². The van der Waals surface area contributed by atoms with Crippen molar-refractivity contribution in [3.05, 3.63) is 57.3 Å². The summed E-state index contributed by atoms with van der Waals surface area (Å²) in [4.78, 5) is 16.6. The molecule has 0 fully saturated rings. The highest BCUT2D eigenvalue weighted by Crippen LogP contribution is 2.18. The SMILES string of the molecule is CN(Cc1ccccc1Cl)C(=O)c1cc(Br)c[nH]1. The van der Waals surface area contributed by atoms with E-state index in [4.69, 9.17) is 11.6 Å². The number of hydrogen-bond acceptors (Lipinski definition) is 1. The Morgan fingerprint density at radius 2 is 2.17 bits per heavy atom.